The van der Waals surface area contributed by atoms with Gasteiger partial charge >= 0.3 is 0 Å². The molecule has 0 fully saturated rings. The molecular formula is C13H24N4O. The average Bonchev–Trinajstić information content (AvgIpc) is 2.51. The van der Waals surface area contributed by atoms with Crippen LogP contribution >= 0.6 is 0 Å². The molecule has 5 heteroatoms. The molecule has 5 nitrogen and oxygen atoms in total. The number of carbonyl (C=O) groups is 1. The van der Waals surface area contributed by atoms with E-state index >= 15 is 0 Å². The standard InChI is InChI=1S/C13H24N4O/c1-8(2)6-11(7-14)15-13(18)12-9(3)16-17(5)10(12)4/h8,11H,6-7,14H2,1-5H3,(H,15,18). The molecule has 0 aliphatic rings. The first kappa shape index (κ1) is 14.7. The van der Waals surface area contributed by atoms with E-state index in [1.54, 1.807) is 4.68 Å². The molecule has 0 saturated heterocycles. The molecule has 1 amide bonds. The largest absolute Gasteiger partial charge is 0.348 e. The summed E-state index contributed by atoms with van der Waals surface area (Å²) in [6, 6.07) is 0.0245. The molecule has 0 aliphatic carbocycles. The fourth-order valence-corrected chi connectivity index (χ4v) is 2.14. The summed E-state index contributed by atoms with van der Waals surface area (Å²) >= 11 is 0. The van der Waals surface area contributed by atoms with Gasteiger partial charge in [0.15, 0.2) is 0 Å². The first-order valence-corrected chi connectivity index (χ1v) is 6.37. The average molecular weight is 252 g/mol. The maximum Gasteiger partial charge on any atom is 0.255 e. The summed E-state index contributed by atoms with van der Waals surface area (Å²) in [7, 11) is 1.84. The number of carbonyl (C=O) groups excluding carboxylic acids is 1. The number of amides is 1. The van der Waals surface area contributed by atoms with Crippen LogP contribution in [0.2, 0.25) is 0 Å². The van der Waals surface area contributed by atoms with E-state index in [1.165, 1.54) is 0 Å². The molecule has 0 radical (unpaired) electrons. The van der Waals surface area contributed by atoms with E-state index in [-0.39, 0.29) is 11.9 Å². The number of hydrogen-bond acceptors (Lipinski definition) is 3. The zero-order valence-electron chi connectivity index (χ0n) is 11.9. The Balaban J connectivity index is 2.81. The summed E-state index contributed by atoms with van der Waals surface area (Å²) in [5, 5.41) is 7.24. The number of nitrogens with two attached hydrogens (primary N) is 1. The number of nitrogens with zero attached hydrogens (tertiary/aromatic N) is 2. The van der Waals surface area contributed by atoms with E-state index in [4.69, 9.17) is 5.73 Å². The van der Waals surface area contributed by atoms with E-state index in [1.807, 2.05) is 20.9 Å². The Labute approximate surface area is 109 Å². The molecule has 0 aromatic carbocycles. The van der Waals surface area contributed by atoms with Crippen molar-refractivity contribution >= 4 is 5.91 Å². The second-order valence-corrected chi connectivity index (χ2v) is 5.21. The SMILES string of the molecule is Cc1nn(C)c(C)c1C(=O)NC(CN)CC(C)C. The normalized spacial score (nSPS) is 12.8. The number of hydrogen-bond donors (Lipinski definition) is 2. The van der Waals surface area contributed by atoms with E-state index in [9.17, 15) is 4.79 Å². The van der Waals surface area contributed by atoms with Gasteiger partial charge < -0.3 is 11.1 Å². The molecule has 1 rings (SSSR count). The van der Waals surface area contributed by atoms with Crippen LogP contribution in [0.1, 0.15) is 42.0 Å². The molecule has 1 unspecified atom stereocenters. The minimum atomic E-state index is -0.0748. The quantitative estimate of drug-likeness (QED) is 0.825. The molecule has 1 atom stereocenters. The van der Waals surface area contributed by atoms with Crippen LogP contribution in [0, 0.1) is 19.8 Å². The fourth-order valence-electron chi connectivity index (χ4n) is 2.14. The number of aryl methyl sites for hydroxylation is 2. The molecule has 3 N–H and O–H groups in total. The minimum Gasteiger partial charge on any atom is -0.348 e. The van der Waals surface area contributed by atoms with Crippen LogP contribution in [-0.2, 0) is 7.05 Å². The van der Waals surface area contributed by atoms with Crippen molar-refractivity contribution in [2.24, 2.45) is 18.7 Å². The molecule has 0 spiro atoms. The van der Waals surface area contributed by atoms with Crippen molar-refractivity contribution in [2.45, 2.75) is 40.2 Å². The molecule has 1 aromatic heterocycles. The Morgan fingerprint density at radius 2 is 2.06 bits per heavy atom. The lowest BCUT2D eigenvalue weighted by atomic mass is 10.0. The van der Waals surface area contributed by atoms with Gasteiger partial charge in [-0.25, -0.2) is 0 Å². The second kappa shape index (κ2) is 6.00. The summed E-state index contributed by atoms with van der Waals surface area (Å²) in [4.78, 5) is 12.2. The number of rotatable bonds is 5. The zero-order chi connectivity index (χ0) is 13.9. The molecule has 1 aromatic rings. The Hall–Kier alpha value is -1.36. The third-order valence-electron chi connectivity index (χ3n) is 3.11. The van der Waals surface area contributed by atoms with Crippen LogP contribution in [0.4, 0.5) is 0 Å². The van der Waals surface area contributed by atoms with E-state index < -0.39 is 0 Å². The number of nitrogens with one attached hydrogen (secondary N) is 1. The van der Waals surface area contributed by atoms with Gasteiger partial charge in [0.05, 0.1) is 11.3 Å². The van der Waals surface area contributed by atoms with E-state index in [0.717, 1.165) is 17.8 Å². The lowest BCUT2D eigenvalue weighted by molar-refractivity contribution is 0.0932. The van der Waals surface area contributed by atoms with Crippen LogP contribution in [-0.4, -0.2) is 28.3 Å². The third-order valence-corrected chi connectivity index (χ3v) is 3.11. The van der Waals surface area contributed by atoms with Crippen molar-refractivity contribution in [1.29, 1.82) is 0 Å². The fraction of sp³-hybridized carbons (Fsp3) is 0.692. The molecule has 102 valence electrons. The van der Waals surface area contributed by atoms with Crippen LogP contribution < -0.4 is 11.1 Å². The summed E-state index contributed by atoms with van der Waals surface area (Å²) < 4.78 is 1.73. The van der Waals surface area contributed by atoms with Gasteiger partial charge in [-0.1, -0.05) is 13.8 Å². The van der Waals surface area contributed by atoms with Gasteiger partial charge in [-0.3, -0.25) is 9.48 Å². The first-order valence-electron chi connectivity index (χ1n) is 6.37. The Morgan fingerprint density at radius 3 is 2.44 bits per heavy atom. The molecule has 18 heavy (non-hydrogen) atoms. The van der Waals surface area contributed by atoms with Gasteiger partial charge in [-0.05, 0) is 26.2 Å². The van der Waals surface area contributed by atoms with Crippen molar-refractivity contribution < 1.29 is 4.79 Å². The summed E-state index contributed by atoms with van der Waals surface area (Å²) in [6.45, 7) is 8.45. The summed E-state index contributed by atoms with van der Waals surface area (Å²) in [5.74, 6) is 0.434. The lowest BCUT2D eigenvalue weighted by Gasteiger charge is -2.18. The molecule has 1 heterocycles. The zero-order valence-corrected chi connectivity index (χ0v) is 11.9. The van der Waals surface area contributed by atoms with Gasteiger partial charge in [-0.15, -0.1) is 0 Å². The van der Waals surface area contributed by atoms with Gasteiger partial charge in [0.25, 0.3) is 5.91 Å². The van der Waals surface area contributed by atoms with Crippen molar-refractivity contribution in [3.63, 3.8) is 0 Å². The maximum absolute atomic E-state index is 12.2. The smallest absolute Gasteiger partial charge is 0.255 e. The highest BCUT2D eigenvalue weighted by molar-refractivity contribution is 5.96. The number of aromatic nitrogens is 2. The second-order valence-electron chi connectivity index (χ2n) is 5.21. The van der Waals surface area contributed by atoms with Crippen LogP contribution in [0.3, 0.4) is 0 Å². The highest BCUT2D eigenvalue weighted by Gasteiger charge is 2.20. The third kappa shape index (κ3) is 3.32. The first-order chi connectivity index (χ1) is 8.36. The van der Waals surface area contributed by atoms with Crippen molar-refractivity contribution in [2.75, 3.05) is 6.54 Å². The van der Waals surface area contributed by atoms with Gasteiger partial charge in [0.2, 0.25) is 0 Å². The highest BCUT2D eigenvalue weighted by Crippen LogP contribution is 2.12. The topological polar surface area (TPSA) is 72.9 Å². The van der Waals surface area contributed by atoms with Crippen molar-refractivity contribution in [3.8, 4) is 0 Å². The minimum absolute atomic E-state index is 0.0245. The van der Waals surface area contributed by atoms with Crippen molar-refractivity contribution in [1.82, 2.24) is 15.1 Å². The Kier molecular flexibility index (Phi) is 4.90. The van der Waals surface area contributed by atoms with Gasteiger partial charge in [-0.2, -0.15) is 5.10 Å². The maximum atomic E-state index is 12.2. The Bertz CT molecular complexity index is 423. The summed E-state index contributed by atoms with van der Waals surface area (Å²) in [6.07, 6.45) is 0.889. The van der Waals surface area contributed by atoms with E-state index in [2.05, 4.69) is 24.3 Å². The predicted molar refractivity (Wildman–Crippen MR) is 72.4 cm³/mol. The van der Waals surface area contributed by atoms with Crippen LogP contribution in [0.15, 0.2) is 0 Å². The van der Waals surface area contributed by atoms with Crippen molar-refractivity contribution in [3.05, 3.63) is 17.0 Å². The molecule has 0 saturated carbocycles. The van der Waals surface area contributed by atoms with Gasteiger partial charge in [0.1, 0.15) is 0 Å². The monoisotopic (exact) mass is 252 g/mol. The molecular weight excluding hydrogens is 228 g/mol. The van der Waals surface area contributed by atoms with Crippen LogP contribution in [0.5, 0.6) is 0 Å². The molecule has 0 bridgehead atoms. The van der Waals surface area contributed by atoms with Gasteiger partial charge in [0, 0.05) is 25.3 Å². The molecule has 0 aliphatic heterocycles. The van der Waals surface area contributed by atoms with E-state index in [0.29, 0.717) is 18.0 Å². The predicted octanol–water partition coefficient (Wildman–Crippen LogP) is 1.14. The lowest BCUT2D eigenvalue weighted by Crippen LogP contribution is -2.41. The summed E-state index contributed by atoms with van der Waals surface area (Å²) in [5.41, 5.74) is 8.00. The highest BCUT2D eigenvalue weighted by atomic mass is 16.1. The van der Waals surface area contributed by atoms with Crippen LogP contribution in [0.25, 0.3) is 0 Å². The Morgan fingerprint density at radius 1 is 1.44 bits per heavy atom.